The van der Waals surface area contributed by atoms with Crippen molar-refractivity contribution in [2.45, 2.75) is 71.1 Å². The summed E-state index contributed by atoms with van der Waals surface area (Å²) in [6, 6.07) is 0. The van der Waals surface area contributed by atoms with Crippen LogP contribution in [0.3, 0.4) is 0 Å². The van der Waals surface area contributed by atoms with Gasteiger partial charge in [-0.05, 0) is 12.8 Å². The van der Waals surface area contributed by atoms with E-state index in [1.54, 1.807) is 0 Å². The zero-order valence-corrected chi connectivity index (χ0v) is 12.2. The van der Waals surface area contributed by atoms with Crippen molar-refractivity contribution in [1.82, 2.24) is 0 Å². The third-order valence-electron chi connectivity index (χ3n) is 3.37. The Morgan fingerprint density at radius 2 is 1.18 bits per heavy atom. The van der Waals surface area contributed by atoms with Gasteiger partial charge in [-0.3, -0.25) is 4.48 Å². The summed E-state index contributed by atoms with van der Waals surface area (Å²) in [6.45, 7) is 3.25. The van der Waals surface area contributed by atoms with Gasteiger partial charge in [-0.1, -0.05) is 58.3 Å². The van der Waals surface area contributed by atoms with Crippen molar-refractivity contribution in [1.29, 1.82) is 0 Å². The number of quaternary nitrogens is 1. The van der Waals surface area contributed by atoms with E-state index in [1.165, 1.54) is 64.2 Å². The van der Waals surface area contributed by atoms with Crippen LogP contribution in [0.1, 0.15) is 71.1 Å². The first kappa shape index (κ1) is 16.6. The zero-order chi connectivity index (χ0) is 13.0. The molecule has 0 saturated carbocycles. The van der Waals surface area contributed by atoms with Gasteiger partial charge in [0.1, 0.15) is 0 Å². The number of rotatable bonds is 12. The fourth-order valence-corrected chi connectivity index (χ4v) is 2.06. The van der Waals surface area contributed by atoms with E-state index in [9.17, 15) is 4.79 Å². The van der Waals surface area contributed by atoms with Crippen LogP contribution < -0.4 is 0 Å². The van der Waals surface area contributed by atoms with Gasteiger partial charge < -0.3 is 0 Å². The van der Waals surface area contributed by atoms with Gasteiger partial charge in [-0.25, -0.2) is 4.79 Å². The summed E-state index contributed by atoms with van der Waals surface area (Å²) < 4.78 is 0.511. The molecule has 0 aromatic carbocycles. The fourth-order valence-electron chi connectivity index (χ4n) is 2.06. The molecule has 0 spiro atoms. The molecule has 0 bridgehead atoms. The molecule has 0 aliphatic rings. The second-order valence-corrected chi connectivity index (χ2v) is 5.79. The van der Waals surface area contributed by atoms with Gasteiger partial charge in [0.05, 0.1) is 20.6 Å². The van der Waals surface area contributed by atoms with Crippen molar-refractivity contribution < 1.29 is 9.28 Å². The third-order valence-corrected chi connectivity index (χ3v) is 3.37. The molecule has 0 N–H and O–H groups in total. The number of unbranched alkanes of at least 4 members (excludes halogenated alkanes) is 9. The number of amides is 1. The van der Waals surface area contributed by atoms with E-state index in [2.05, 4.69) is 6.92 Å². The standard InChI is InChI=1S/C15H32NO/c1-4-5-6-7-8-9-10-11-12-13-14-16(2,3)15-17/h15H,4-14H2,1-3H3/q+1. The summed E-state index contributed by atoms with van der Waals surface area (Å²) in [5.41, 5.74) is 0. The molecule has 2 heteroatoms. The van der Waals surface area contributed by atoms with E-state index in [1.807, 2.05) is 14.1 Å². The molecule has 0 radical (unpaired) electrons. The Kier molecular flexibility index (Phi) is 10.5. The molecule has 1 amide bonds. The minimum atomic E-state index is 0.511. The maximum absolute atomic E-state index is 10.7. The predicted octanol–water partition coefficient (Wildman–Crippen LogP) is 4.14. The second kappa shape index (κ2) is 10.8. The highest BCUT2D eigenvalue weighted by atomic mass is 16.1. The molecule has 0 aromatic heterocycles. The van der Waals surface area contributed by atoms with Gasteiger partial charge in [0.25, 0.3) is 0 Å². The molecule has 0 rings (SSSR count). The first-order valence-electron chi connectivity index (χ1n) is 7.41. The Labute approximate surface area is 108 Å². The third kappa shape index (κ3) is 11.9. The topological polar surface area (TPSA) is 17.1 Å². The summed E-state index contributed by atoms with van der Waals surface area (Å²) in [5, 5.41) is 0. The maximum atomic E-state index is 10.7. The average molecular weight is 242 g/mol. The van der Waals surface area contributed by atoms with Crippen molar-refractivity contribution >= 4 is 6.41 Å². The van der Waals surface area contributed by atoms with Gasteiger partial charge in [-0.2, -0.15) is 0 Å². The maximum Gasteiger partial charge on any atom is 0.301 e. The number of nitrogens with zero attached hydrogens (tertiary/aromatic N) is 1. The first-order valence-corrected chi connectivity index (χ1v) is 7.41. The summed E-state index contributed by atoms with van der Waals surface area (Å²) in [5.74, 6) is 0. The van der Waals surface area contributed by atoms with E-state index in [-0.39, 0.29) is 0 Å². The minimum absolute atomic E-state index is 0.511. The molecule has 0 atom stereocenters. The van der Waals surface area contributed by atoms with Crippen LogP contribution in [-0.2, 0) is 4.79 Å². The van der Waals surface area contributed by atoms with Crippen LogP contribution in [0.4, 0.5) is 0 Å². The summed E-state index contributed by atoms with van der Waals surface area (Å²) in [6.07, 6.45) is 14.6. The molecule has 2 nitrogen and oxygen atoms in total. The van der Waals surface area contributed by atoms with Gasteiger partial charge in [0.15, 0.2) is 0 Å². The first-order chi connectivity index (χ1) is 8.12. The van der Waals surface area contributed by atoms with Crippen LogP contribution in [0, 0.1) is 0 Å². The lowest BCUT2D eigenvalue weighted by molar-refractivity contribution is -0.804. The lowest BCUT2D eigenvalue weighted by Gasteiger charge is -2.20. The minimum Gasteiger partial charge on any atom is -0.268 e. The monoisotopic (exact) mass is 242 g/mol. The molecule has 102 valence electrons. The largest absolute Gasteiger partial charge is 0.301 e. The number of hydrogen-bond donors (Lipinski definition) is 0. The predicted molar refractivity (Wildman–Crippen MR) is 74.9 cm³/mol. The van der Waals surface area contributed by atoms with Crippen molar-refractivity contribution in [3.63, 3.8) is 0 Å². The van der Waals surface area contributed by atoms with Crippen LogP contribution in [0.5, 0.6) is 0 Å². The Morgan fingerprint density at radius 1 is 0.765 bits per heavy atom. The van der Waals surface area contributed by atoms with Crippen LogP contribution in [0.15, 0.2) is 0 Å². The molecule has 0 heterocycles. The second-order valence-electron chi connectivity index (χ2n) is 5.79. The lowest BCUT2D eigenvalue weighted by atomic mass is 10.1. The molecule has 0 aromatic rings. The molecule has 17 heavy (non-hydrogen) atoms. The zero-order valence-electron chi connectivity index (χ0n) is 12.2. The van der Waals surface area contributed by atoms with Gasteiger partial charge in [0, 0.05) is 0 Å². The van der Waals surface area contributed by atoms with E-state index in [4.69, 9.17) is 0 Å². The van der Waals surface area contributed by atoms with Gasteiger partial charge in [0.2, 0.25) is 0 Å². The molecular formula is C15H32NO+. The molecular weight excluding hydrogens is 210 g/mol. The van der Waals surface area contributed by atoms with E-state index in [0.717, 1.165) is 13.0 Å². The van der Waals surface area contributed by atoms with E-state index < -0.39 is 0 Å². The highest BCUT2D eigenvalue weighted by molar-refractivity contribution is 5.36. The van der Waals surface area contributed by atoms with Crippen LogP contribution in [0.2, 0.25) is 0 Å². The Bertz CT molecular complexity index is 178. The summed E-state index contributed by atoms with van der Waals surface area (Å²) in [4.78, 5) is 10.7. The SMILES string of the molecule is CCCCCCCCCCCC[N+](C)(C)C=O. The van der Waals surface area contributed by atoms with Crippen LogP contribution >= 0.6 is 0 Å². The molecule has 0 aliphatic heterocycles. The van der Waals surface area contributed by atoms with E-state index in [0.29, 0.717) is 4.48 Å². The molecule has 0 unspecified atom stereocenters. The molecule has 0 fully saturated rings. The normalized spacial score (nSPS) is 11.7. The van der Waals surface area contributed by atoms with E-state index >= 15 is 0 Å². The Hall–Kier alpha value is -0.370. The number of carbonyl (C=O) groups excluding carboxylic acids is 1. The van der Waals surface area contributed by atoms with Gasteiger partial charge >= 0.3 is 6.41 Å². The highest BCUT2D eigenvalue weighted by Crippen LogP contribution is 2.11. The number of carbonyl (C=O) groups is 1. The fraction of sp³-hybridized carbons (Fsp3) is 0.933. The molecule has 0 saturated heterocycles. The van der Waals surface area contributed by atoms with Crippen molar-refractivity contribution in [2.75, 3.05) is 20.6 Å². The Morgan fingerprint density at radius 3 is 1.59 bits per heavy atom. The quantitative estimate of drug-likeness (QED) is 0.285. The highest BCUT2D eigenvalue weighted by Gasteiger charge is 2.11. The Balaban J connectivity index is 3.11. The molecule has 0 aliphatic carbocycles. The average Bonchev–Trinajstić information content (AvgIpc) is 2.31. The van der Waals surface area contributed by atoms with Crippen LogP contribution in [-0.4, -0.2) is 31.5 Å². The van der Waals surface area contributed by atoms with Gasteiger partial charge in [-0.15, -0.1) is 0 Å². The van der Waals surface area contributed by atoms with Crippen molar-refractivity contribution in [3.05, 3.63) is 0 Å². The number of hydrogen-bond acceptors (Lipinski definition) is 1. The summed E-state index contributed by atoms with van der Waals surface area (Å²) in [7, 11) is 3.95. The van der Waals surface area contributed by atoms with Crippen LogP contribution in [0.25, 0.3) is 0 Å². The summed E-state index contributed by atoms with van der Waals surface area (Å²) >= 11 is 0. The van der Waals surface area contributed by atoms with Crippen molar-refractivity contribution in [3.8, 4) is 0 Å². The lowest BCUT2D eigenvalue weighted by Crippen LogP contribution is -2.38. The smallest absolute Gasteiger partial charge is 0.268 e. The van der Waals surface area contributed by atoms with Crippen molar-refractivity contribution in [2.24, 2.45) is 0 Å².